The number of carbonyl (C=O) groups excluding carboxylic acids is 2. The molecule has 22 heavy (non-hydrogen) atoms. The van der Waals surface area contributed by atoms with E-state index in [9.17, 15) is 14.0 Å². The van der Waals surface area contributed by atoms with Crippen molar-refractivity contribution in [3.8, 4) is 0 Å². The molecule has 1 atom stereocenters. The monoisotopic (exact) mass is 306 g/mol. The molecule has 5 nitrogen and oxygen atoms in total. The van der Waals surface area contributed by atoms with Crippen molar-refractivity contribution in [1.29, 1.82) is 0 Å². The number of amides is 2. The lowest BCUT2D eigenvalue weighted by Gasteiger charge is -2.29. The minimum Gasteiger partial charge on any atom is -0.371 e. The van der Waals surface area contributed by atoms with E-state index in [1.807, 2.05) is 0 Å². The van der Waals surface area contributed by atoms with Gasteiger partial charge in [-0.3, -0.25) is 9.59 Å². The second-order valence-electron chi connectivity index (χ2n) is 6.20. The number of likely N-dealkylation sites (N-methyl/N-ethyl adjacent to an activating group) is 1. The predicted molar refractivity (Wildman–Crippen MR) is 77.8 cm³/mol. The lowest BCUT2D eigenvalue weighted by molar-refractivity contribution is -0.132. The van der Waals surface area contributed by atoms with Crippen molar-refractivity contribution in [2.75, 3.05) is 39.9 Å². The molecule has 3 rings (SSSR count). The predicted octanol–water partition coefficient (Wildman–Crippen LogP) is 1.15. The van der Waals surface area contributed by atoms with Crippen LogP contribution in [-0.2, 0) is 9.53 Å². The maximum atomic E-state index is 13.8. The summed E-state index contributed by atoms with van der Waals surface area (Å²) in [5.41, 5.74) is -0.152. The number of nitrogens with zero attached hydrogens (tertiary/aromatic N) is 2. The van der Waals surface area contributed by atoms with E-state index < -0.39 is 5.82 Å². The van der Waals surface area contributed by atoms with Gasteiger partial charge in [0, 0.05) is 32.1 Å². The van der Waals surface area contributed by atoms with Crippen LogP contribution in [0.25, 0.3) is 0 Å². The van der Waals surface area contributed by atoms with Crippen LogP contribution in [0.3, 0.4) is 0 Å². The first kappa shape index (κ1) is 15.0. The Balaban J connectivity index is 1.76. The zero-order valence-corrected chi connectivity index (χ0v) is 12.5. The molecule has 1 unspecified atom stereocenters. The van der Waals surface area contributed by atoms with Crippen LogP contribution in [0.5, 0.6) is 0 Å². The maximum Gasteiger partial charge on any atom is 0.256 e. The molecule has 118 valence electrons. The summed E-state index contributed by atoms with van der Waals surface area (Å²) in [5, 5.41) is 0. The highest BCUT2D eigenvalue weighted by Crippen LogP contribution is 2.34. The summed E-state index contributed by atoms with van der Waals surface area (Å²) >= 11 is 0. The molecule has 0 aromatic heterocycles. The van der Waals surface area contributed by atoms with Crippen molar-refractivity contribution in [3.63, 3.8) is 0 Å². The van der Waals surface area contributed by atoms with Gasteiger partial charge in [0.15, 0.2) is 0 Å². The second kappa shape index (κ2) is 5.68. The molecule has 2 amide bonds. The van der Waals surface area contributed by atoms with Gasteiger partial charge in [0.05, 0.1) is 12.2 Å². The Morgan fingerprint density at radius 2 is 2.09 bits per heavy atom. The first-order valence-electron chi connectivity index (χ1n) is 7.36. The Bertz CT molecular complexity index is 607. The highest BCUT2D eigenvalue weighted by atomic mass is 19.1. The third kappa shape index (κ3) is 2.70. The van der Waals surface area contributed by atoms with Crippen molar-refractivity contribution in [2.45, 2.75) is 6.42 Å². The lowest BCUT2D eigenvalue weighted by Crippen LogP contribution is -2.41. The average molecular weight is 306 g/mol. The number of likely N-dealkylation sites (tertiary alicyclic amines) is 1. The van der Waals surface area contributed by atoms with Gasteiger partial charge in [-0.25, -0.2) is 4.39 Å². The van der Waals surface area contributed by atoms with Crippen molar-refractivity contribution in [1.82, 2.24) is 9.80 Å². The molecule has 0 radical (unpaired) electrons. The normalized spacial score (nSPS) is 25.6. The molecule has 2 aliphatic rings. The van der Waals surface area contributed by atoms with Crippen LogP contribution in [-0.4, -0.2) is 61.5 Å². The van der Waals surface area contributed by atoms with Crippen LogP contribution < -0.4 is 0 Å². The van der Waals surface area contributed by atoms with Crippen molar-refractivity contribution < 1.29 is 18.7 Å². The highest BCUT2D eigenvalue weighted by Gasteiger charge is 2.43. The van der Waals surface area contributed by atoms with Crippen LogP contribution >= 0.6 is 0 Å². The van der Waals surface area contributed by atoms with E-state index in [1.165, 1.54) is 12.1 Å². The van der Waals surface area contributed by atoms with Crippen molar-refractivity contribution in [2.24, 2.45) is 5.41 Å². The van der Waals surface area contributed by atoms with Gasteiger partial charge < -0.3 is 14.5 Å². The van der Waals surface area contributed by atoms with Gasteiger partial charge in [-0.1, -0.05) is 12.1 Å². The van der Waals surface area contributed by atoms with Gasteiger partial charge in [0.2, 0.25) is 5.91 Å². The van der Waals surface area contributed by atoms with Crippen LogP contribution in [0.4, 0.5) is 4.39 Å². The quantitative estimate of drug-likeness (QED) is 0.782. The standard InChI is InChI=1S/C16H19FN2O3/c1-18-9-16(11-22-8-14(18)20)6-7-19(10-16)15(21)12-4-2-3-5-13(12)17/h2-5H,6-11H2,1H3. The number of halogens is 1. The summed E-state index contributed by atoms with van der Waals surface area (Å²) in [7, 11) is 1.75. The number of ether oxygens (including phenoxy) is 1. The third-order valence-corrected chi connectivity index (χ3v) is 4.46. The van der Waals surface area contributed by atoms with Gasteiger partial charge in [-0.15, -0.1) is 0 Å². The number of rotatable bonds is 1. The van der Waals surface area contributed by atoms with E-state index >= 15 is 0 Å². The van der Waals surface area contributed by atoms with E-state index in [1.54, 1.807) is 29.0 Å². The minimum absolute atomic E-state index is 0.0456. The van der Waals surface area contributed by atoms with Crippen LogP contribution in [0.2, 0.25) is 0 Å². The van der Waals surface area contributed by atoms with Gasteiger partial charge in [-0.05, 0) is 18.6 Å². The Morgan fingerprint density at radius 1 is 1.32 bits per heavy atom. The minimum atomic E-state index is -0.502. The summed E-state index contributed by atoms with van der Waals surface area (Å²) in [4.78, 5) is 27.5. The summed E-state index contributed by atoms with van der Waals surface area (Å²) < 4.78 is 19.2. The molecular formula is C16H19FN2O3. The van der Waals surface area contributed by atoms with Crippen LogP contribution in [0.1, 0.15) is 16.8 Å². The smallest absolute Gasteiger partial charge is 0.256 e. The average Bonchev–Trinajstić information content (AvgIpc) is 2.84. The van der Waals surface area contributed by atoms with Gasteiger partial charge in [0.1, 0.15) is 12.4 Å². The largest absolute Gasteiger partial charge is 0.371 e. The molecular weight excluding hydrogens is 287 g/mol. The Hall–Kier alpha value is -1.95. The number of hydrogen-bond donors (Lipinski definition) is 0. The van der Waals surface area contributed by atoms with Crippen molar-refractivity contribution in [3.05, 3.63) is 35.6 Å². The molecule has 1 spiro atoms. The lowest BCUT2D eigenvalue weighted by atomic mass is 9.88. The fraction of sp³-hybridized carbons (Fsp3) is 0.500. The Kier molecular flexibility index (Phi) is 3.87. The highest BCUT2D eigenvalue weighted by molar-refractivity contribution is 5.94. The summed E-state index contributed by atoms with van der Waals surface area (Å²) in [6.45, 7) is 2.13. The van der Waals surface area contributed by atoms with E-state index in [-0.39, 0.29) is 29.4 Å². The zero-order valence-electron chi connectivity index (χ0n) is 12.5. The molecule has 6 heteroatoms. The van der Waals surface area contributed by atoms with Crippen LogP contribution in [0.15, 0.2) is 24.3 Å². The SMILES string of the molecule is CN1CC2(CCN(C(=O)c3ccccc3F)C2)COCC1=O. The van der Waals surface area contributed by atoms with Gasteiger partial charge in [0.25, 0.3) is 5.91 Å². The van der Waals surface area contributed by atoms with E-state index in [0.717, 1.165) is 6.42 Å². The van der Waals surface area contributed by atoms with Gasteiger partial charge >= 0.3 is 0 Å². The molecule has 2 saturated heterocycles. The fourth-order valence-corrected chi connectivity index (χ4v) is 3.26. The number of hydrogen-bond acceptors (Lipinski definition) is 3. The van der Waals surface area contributed by atoms with E-state index in [4.69, 9.17) is 4.74 Å². The number of benzene rings is 1. The second-order valence-corrected chi connectivity index (χ2v) is 6.20. The molecule has 1 aromatic carbocycles. The van der Waals surface area contributed by atoms with Gasteiger partial charge in [-0.2, -0.15) is 0 Å². The number of carbonyl (C=O) groups is 2. The molecule has 0 saturated carbocycles. The molecule has 2 aliphatic heterocycles. The molecule has 0 bridgehead atoms. The van der Waals surface area contributed by atoms with Crippen LogP contribution in [0, 0.1) is 11.2 Å². The Morgan fingerprint density at radius 3 is 2.86 bits per heavy atom. The van der Waals surface area contributed by atoms with Crippen molar-refractivity contribution >= 4 is 11.8 Å². The molecule has 0 N–H and O–H groups in total. The topological polar surface area (TPSA) is 49.9 Å². The first-order valence-corrected chi connectivity index (χ1v) is 7.36. The van der Waals surface area contributed by atoms with E-state index in [0.29, 0.717) is 26.2 Å². The first-order chi connectivity index (χ1) is 10.5. The maximum absolute atomic E-state index is 13.8. The summed E-state index contributed by atoms with van der Waals surface area (Å²) in [6.07, 6.45) is 0.755. The van der Waals surface area contributed by atoms with E-state index in [2.05, 4.69) is 0 Å². The summed E-state index contributed by atoms with van der Waals surface area (Å²) in [5.74, 6) is -0.846. The molecule has 2 heterocycles. The Labute approximate surface area is 128 Å². The molecule has 0 aliphatic carbocycles. The molecule has 2 fully saturated rings. The fourth-order valence-electron chi connectivity index (χ4n) is 3.26. The summed E-state index contributed by atoms with van der Waals surface area (Å²) in [6, 6.07) is 6.02. The molecule has 1 aromatic rings. The zero-order chi connectivity index (χ0) is 15.7. The third-order valence-electron chi connectivity index (χ3n) is 4.46.